The van der Waals surface area contributed by atoms with Gasteiger partial charge in [0, 0.05) is 0 Å². The van der Waals surface area contributed by atoms with Crippen molar-refractivity contribution in [2.24, 2.45) is 0 Å². The first kappa shape index (κ1) is 14.9. The van der Waals surface area contributed by atoms with E-state index in [4.69, 9.17) is 4.74 Å². The summed E-state index contributed by atoms with van der Waals surface area (Å²) in [5, 5.41) is 3.51. The predicted molar refractivity (Wildman–Crippen MR) is 84.7 cm³/mol. The fourth-order valence-electron chi connectivity index (χ4n) is 2.25. The fourth-order valence-corrected chi connectivity index (χ4v) is 3.51. The molecule has 2 aromatic carbocycles. The van der Waals surface area contributed by atoms with E-state index in [-0.39, 0.29) is 5.48 Å². The van der Waals surface area contributed by atoms with Crippen LogP contribution in [-0.2, 0) is 0 Å². The molecule has 3 rings (SSSR count). The Hall–Kier alpha value is -1.53. The van der Waals surface area contributed by atoms with Crippen LogP contribution in [0.3, 0.4) is 0 Å². The van der Waals surface area contributed by atoms with Crippen LogP contribution in [-0.4, -0.2) is 39.0 Å². The van der Waals surface area contributed by atoms with Crippen LogP contribution in [0, 0.1) is 0 Å². The van der Waals surface area contributed by atoms with Crippen molar-refractivity contribution in [2.75, 3.05) is 10.6 Å². The Kier molecular flexibility index (Phi) is 4.67. The molecule has 1 heterocycles. The van der Waals surface area contributed by atoms with Crippen LogP contribution >= 0.6 is 0 Å². The van der Waals surface area contributed by atoms with Gasteiger partial charge in [-0.2, -0.15) is 0 Å². The molecule has 20 heavy (non-hydrogen) atoms. The average molecular weight is 375 g/mol. The molecule has 3 aromatic rings. The number of methoxy groups -OCH3 is 1. The van der Waals surface area contributed by atoms with Gasteiger partial charge in [-0.05, 0) is 0 Å². The minimum atomic E-state index is -0.443. The predicted octanol–water partition coefficient (Wildman–Crippen LogP) is 2.65. The number of aromatic nitrogens is 1. The average Bonchev–Trinajstić information content (AvgIpc) is 2.46. The summed E-state index contributed by atoms with van der Waals surface area (Å²) in [6, 6.07) is 12.5. The maximum atomic E-state index is 5.25. The molecule has 102 valence electrons. The zero-order valence-electron chi connectivity index (χ0n) is 11.4. The maximum absolute atomic E-state index is 5.25. The standard InChI is InChI=1S/C14H11N2O.CH3.H2O.Sn/c1-17-11-3-5-12-9(6-11)8-16-14-7-10(15)2-4-13(12)14;;;/h2-8,15H,1H3;1H3;1H2;/q-1;;;+1. The van der Waals surface area contributed by atoms with Crippen molar-refractivity contribution in [1.29, 1.82) is 0 Å². The third kappa shape index (κ3) is 2.66. The zero-order chi connectivity index (χ0) is 13.2. The maximum Gasteiger partial charge on any atom is -0.412 e. The molecule has 2 radical (unpaired) electrons. The van der Waals surface area contributed by atoms with Crippen LogP contribution in [0.1, 0.15) is 0 Å². The van der Waals surface area contributed by atoms with Crippen molar-refractivity contribution >= 4 is 48.8 Å². The van der Waals surface area contributed by atoms with Gasteiger partial charge in [-0.3, -0.25) is 0 Å². The second kappa shape index (κ2) is 6.28. The molecule has 0 atom stereocenters. The summed E-state index contributed by atoms with van der Waals surface area (Å²) in [5.74, 6) is 0.866. The molecule has 3 N–H and O–H groups in total. The van der Waals surface area contributed by atoms with Gasteiger partial charge in [0.15, 0.2) is 0 Å². The SMILES string of the molecule is COc1ccc2c(cnc3cc([NH][Sn][CH3])ccc32)c1.O. The van der Waals surface area contributed by atoms with Crippen LogP contribution in [0.2, 0.25) is 4.94 Å². The van der Waals surface area contributed by atoms with E-state index in [0.717, 1.165) is 16.7 Å². The largest absolute Gasteiger partial charge is 0.412 e. The van der Waals surface area contributed by atoms with Gasteiger partial charge in [-0.15, -0.1) is 0 Å². The van der Waals surface area contributed by atoms with Gasteiger partial charge >= 0.3 is 122 Å². The van der Waals surface area contributed by atoms with Crippen molar-refractivity contribution in [3.63, 3.8) is 0 Å². The number of ether oxygens (including phenoxy) is 1. The smallest absolute Gasteiger partial charge is 0.412 e. The summed E-state index contributed by atoms with van der Waals surface area (Å²) in [4.78, 5) is 6.81. The third-order valence-electron chi connectivity index (χ3n) is 3.16. The quantitative estimate of drug-likeness (QED) is 0.566. The van der Waals surface area contributed by atoms with Crippen molar-refractivity contribution in [3.05, 3.63) is 42.6 Å². The number of hydrogen-bond donors (Lipinski definition) is 1. The molecular formula is C15H16N2O2Sn. The summed E-state index contributed by atoms with van der Waals surface area (Å²) in [6.07, 6.45) is 1.91. The van der Waals surface area contributed by atoms with Crippen LogP contribution in [0.15, 0.2) is 42.6 Å². The number of pyridine rings is 1. The first-order valence-electron chi connectivity index (χ1n) is 6.11. The Morgan fingerprint density at radius 2 is 1.90 bits per heavy atom. The third-order valence-corrected chi connectivity index (χ3v) is 4.70. The number of benzene rings is 2. The Morgan fingerprint density at radius 3 is 2.65 bits per heavy atom. The van der Waals surface area contributed by atoms with Gasteiger partial charge < -0.3 is 5.48 Å². The van der Waals surface area contributed by atoms with E-state index in [1.165, 1.54) is 16.5 Å². The number of anilines is 1. The molecule has 0 bridgehead atoms. The van der Waals surface area contributed by atoms with Crippen LogP contribution < -0.4 is 8.28 Å². The van der Waals surface area contributed by atoms with E-state index in [9.17, 15) is 0 Å². The van der Waals surface area contributed by atoms with E-state index in [1.807, 2.05) is 18.3 Å². The molecular weight excluding hydrogens is 359 g/mol. The van der Waals surface area contributed by atoms with Crippen LogP contribution in [0.5, 0.6) is 5.75 Å². The summed E-state index contributed by atoms with van der Waals surface area (Å²) in [5.41, 5.74) is 2.22. The van der Waals surface area contributed by atoms with Gasteiger partial charge in [0.05, 0.1) is 0 Å². The molecule has 0 saturated heterocycles. The Balaban J connectivity index is 0.00000147. The zero-order valence-corrected chi connectivity index (χ0v) is 14.3. The Labute approximate surface area is 128 Å². The monoisotopic (exact) mass is 376 g/mol. The molecule has 0 unspecified atom stereocenters. The van der Waals surface area contributed by atoms with Crippen molar-refractivity contribution in [3.8, 4) is 5.75 Å². The van der Waals surface area contributed by atoms with Crippen molar-refractivity contribution in [2.45, 2.75) is 4.94 Å². The molecule has 0 spiro atoms. The molecule has 1 aromatic heterocycles. The number of nitrogens with zero attached hydrogens (tertiary/aromatic N) is 1. The second-order valence-electron chi connectivity index (χ2n) is 4.32. The molecule has 0 aliphatic carbocycles. The minimum Gasteiger partial charge on any atom is -0.412 e. The number of nitrogens with one attached hydrogen (secondary N) is 1. The molecule has 0 amide bonds. The fraction of sp³-hybridized carbons (Fsp3) is 0.133. The molecule has 0 saturated carbocycles. The Morgan fingerprint density at radius 1 is 1.10 bits per heavy atom. The topological polar surface area (TPSA) is 65.7 Å². The van der Waals surface area contributed by atoms with Crippen LogP contribution in [0.25, 0.3) is 21.7 Å². The molecule has 0 aliphatic rings. The normalized spacial score (nSPS) is 10.3. The molecule has 4 nitrogen and oxygen atoms in total. The van der Waals surface area contributed by atoms with Crippen molar-refractivity contribution < 1.29 is 10.2 Å². The summed E-state index contributed by atoms with van der Waals surface area (Å²) >= 11 is -0.443. The van der Waals surface area contributed by atoms with E-state index in [0.29, 0.717) is 0 Å². The molecule has 5 heteroatoms. The number of hydrogen-bond acceptors (Lipinski definition) is 3. The van der Waals surface area contributed by atoms with Gasteiger partial charge in [0.2, 0.25) is 0 Å². The molecule has 0 aliphatic heterocycles. The minimum absolute atomic E-state index is 0. The summed E-state index contributed by atoms with van der Waals surface area (Å²) in [6.45, 7) is 0. The Bertz CT molecular complexity index is 746. The summed E-state index contributed by atoms with van der Waals surface area (Å²) in [7, 11) is 1.68. The first-order chi connectivity index (χ1) is 9.31. The van der Waals surface area contributed by atoms with E-state index in [1.54, 1.807) is 7.11 Å². The van der Waals surface area contributed by atoms with E-state index in [2.05, 4.69) is 37.7 Å². The van der Waals surface area contributed by atoms with Gasteiger partial charge in [0.25, 0.3) is 0 Å². The van der Waals surface area contributed by atoms with E-state index >= 15 is 0 Å². The van der Waals surface area contributed by atoms with E-state index < -0.39 is 21.4 Å². The van der Waals surface area contributed by atoms with Crippen molar-refractivity contribution in [1.82, 2.24) is 4.98 Å². The number of rotatable bonds is 3. The summed E-state index contributed by atoms with van der Waals surface area (Å²) < 4.78 is 8.73. The van der Waals surface area contributed by atoms with Gasteiger partial charge in [0.1, 0.15) is 0 Å². The van der Waals surface area contributed by atoms with Gasteiger partial charge in [-0.1, -0.05) is 0 Å². The molecule has 0 fully saturated rings. The van der Waals surface area contributed by atoms with Crippen LogP contribution in [0.4, 0.5) is 5.69 Å². The number of fused-ring (bicyclic) bond motifs is 3. The first-order valence-corrected chi connectivity index (χ1v) is 10.4. The van der Waals surface area contributed by atoms with Gasteiger partial charge in [-0.25, -0.2) is 0 Å². The second-order valence-corrected chi connectivity index (χ2v) is 6.46.